The molecule has 0 unspecified atom stereocenters. The predicted molar refractivity (Wildman–Crippen MR) is 117 cm³/mol. The van der Waals surface area contributed by atoms with Crippen molar-refractivity contribution in [2.75, 3.05) is 13.7 Å². The second kappa shape index (κ2) is 7.47. The van der Waals surface area contributed by atoms with Gasteiger partial charge in [0.15, 0.2) is 0 Å². The van der Waals surface area contributed by atoms with E-state index < -0.39 is 0 Å². The number of ether oxygens (including phenoxy) is 1. The Morgan fingerprint density at radius 2 is 1.97 bits per heavy atom. The van der Waals surface area contributed by atoms with Gasteiger partial charge in [-0.05, 0) is 65.9 Å². The molecule has 0 radical (unpaired) electrons. The third-order valence-electron chi connectivity index (χ3n) is 5.94. The van der Waals surface area contributed by atoms with E-state index in [0.717, 1.165) is 24.2 Å². The molecule has 0 bridgehead atoms. The minimum atomic E-state index is 0.122. The molecular weight excluding hydrogens is 358 g/mol. The highest BCUT2D eigenvalue weighted by atomic mass is 16.5. The quantitative estimate of drug-likeness (QED) is 0.526. The van der Waals surface area contributed by atoms with Crippen LogP contribution >= 0.6 is 0 Å². The average Bonchev–Trinajstić information content (AvgIpc) is 3.15. The lowest BCUT2D eigenvalue weighted by molar-refractivity contribution is 0.110. The fraction of sp³-hybridized carbons (Fsp3) is 0.240. The Morgan fingerprint density at radius 3 is 2.79 bits per heavy atom. The van der Waals surface area contributed by atoms with Gasteiger partial charge < -0.3 is 15.0 Å². The van der Waals surface area contributed by atoms with Gasteiger partial charge in [0, 0.05) is 23.3 Å². The number of aromatic amines is 1. The molecule has 1 aliphatic rings. The van der Waals surface area contributed by atoms with Crippen molar-refractivity contribution >= 4 is 11.0 Å². The van der Waals surface area contributed by atoms with E-state index in [4.69, 9.17) is 4.74 Å². The third kappa shape index (κ3) is 3.24. The van der Waals surface area contributed by atoms with Gasteiger partial charge in [-0.3, -0.25) is 0 Å². The van der Waals surface area contributed by atoms with E-state index in [-0.39, 0.29) is 6.04 Å². The molecular formula is C25H25N3O. The van der Waals surface area contributed by atoms with E-state index in [0.29, 0.717) is 6.61 Å². The molecule has 4 nitrogen and oxygen atoms in total. The van der Waals surface area contributed by atoms with Crippen LogP contribution in [0.5, 0.6) is 0 Å². The van der Waals surface area contributed by atoms with Crippen LogP contribution in [0, 0.1) is 6.92 Å². The molecule has 2 N–H and O–H groups in total. The van der Waals surface area contributed by atoms with Gasteiger partial charge in [-0.2, -0.15) is 0 Å². The third-order valence-corrected chi connectivity index (χ3v) is 5.94. The van der Waals surface area contributed by atoms with Crippen molar-refractivity contribution in [2.24, 2.45) is 0 Å². The summed E-state index contributed by atoms with van der Waals surface area (Å²) >= 11 is 0. The molecule has 1 atom stereocenters. The second-order valence-electron chi connectivity index (χ2n) is 7.73. The molecule has 4 aromatic rings. The van der Waals surface area contributed by atoms with Crippen LogP contribution in [0.4, 0.5) is 0 Å². The van der Waals surface area contributed by atoms with E-state index in [1.54, 1.807) is 0 Å². The zero-order chi connectivity index (χ0) is 19.8. The number of hydrogen-bond acceptors (Lipinski definition) is 3. The van der Waals surface area contributed by atoms with Gasteiger partial charge in [0.05, 0.1) is 19.3 Å². The largest absolute Gasteiger partial charge is 0.376 e. The first-order valence-corrected chi connectivity index (χ1v) is 10.1. The summed E-state index contributed by atoms with van der Waals surface area (Å²) in [4.78, 5) is 7.89. The lowest BCUT2D eigenvalue weighted by Crippen LogP contribution is -2.22. The number of benzene rings is 2. The lowest BCUT2D eigenvalue weighted by atomic mass is 9.87. The van der Waals surface area contributed by atoms with Crippen LogP contribution in [0.15, 0.2) is 60.9 Å². The van der Waals surface area contributed by atoms with Crippen molar-refractivity contribution < 1.29 is 4.74 Å². The number of rotatable bonds is 4. The molecule has 2 aromatic carbocycles. The maximum atomic E-state index is 5.83. The topological polar surface area (TPSA) is 49.9 Å². The zero-order valence-electron chi connectivity index (χ0n) is 16.8. The van der Waals surface area contributed by atoms with Crippen molar-refractivity contribution in [2.45, 2.75) is 26.0 Å². The van der Waals surface area contributed by atoms with Crippen molar-refractivity contribution in [3.63, 3.8) is 0 Å². The molecule has 0 spiro atoms. The van der Waals surface area contributed by atoms with Crippen molar-refractivity contribution in [3.8, 4) is 11.1 Å². The summed E-state index contributed by atoms with van der Waals surface area (Å²) in [6.07, 6.45) is 4.93. The summed E-state index contributed by atoms with van der Waals surface area (Å²) in [6, 6.07) is 17.6. The average molecular weight is 383 g/mol. The molecule has 0 saturated carbocycles. The van der Waals surface area contributed by atoms with Crippen LogP contribution in [0.3, 0.4) is 0 Å². The number of H-pyrrole nitrogens is 1. The standard InChI is InChI=1S/C25H25N3O/c1-16-13-27-25-21(16)12-20(14-28-25)19-10-18-8-9-29-15-23(18)22(11-19)24(26-2)17-6-4-3-5-7-17/h3-7,10-14,24,26H,8-9,15H2,1-2H3,(H,27,28)/t24-/m0/s1. The van der Waals surface area contributed by atoms with E-state index in [2.05, 4.69) is 70.7 Å². The first kappa shape index (κ1) is 18.1. The van der Waals surface area contributed by atoms with E-state index in [1.807, 2.05) is 19.4 Å². The van der Waals surface area contributed by atoms with Crippen molar-refractivity contribution in [1.82, 2.24) is 15.3 Å². The molecule has 0 amide bonds. The van der Waals surface area contributed by atoms with Crippen LogP contribution in [0.2, 0.25) is 0 Å². The molecule has 1 aliphatic heterocycles. The van der Waals surface area contributed by atoms with Crippen LogP contribution in [0.1, 0.15) is 33.9 Å². The minimum Gasteiger partial charge on any atom is -0.376 e. The van der Waals surface area contributed by atoms with Gasteiger partial charge in [-0.1, -0.05) is 36.4 Å². The fourth-order valence-electron chi connectivity index (χ4n) is 4.38. The monoisotopic (exact) mass is 383 g/mol. The normalized spacial score (nSPS) is 14.7. The van der Waals surface area contributed by atoms with E-state index >= 15 is 0 Å². The molecule has 146 valence electrons. The first-order valence-electron chi connectivity index (χ1n) is 10.1. The Morgan fingerprint density at radius 1 is 1.10 bits per heavy atom. The Bertz CT molecular complexity index is 1160. The first-order chi connectivity index (χ1) is 14.2. The highest BCUT2D eigenvalue weighted by Gasteiger charge is 2.22. The highest BCUT2D eigenvalue weighted by molar-refractivity contribution is 5.84. The Kier molecular flexibility index (Phi) is 4.66. The van der Waals surface area contributed by atoms with Gasteiger partial charge in [0.2, 0.25) is 0 Å². The number of pyridine rings is 1. The number of nitrogens with zero attached hydrogens (tertiary/aromatic N) is 1. The number of fused-ring (bicyclic) bond motifs is 2. The molecule has 0 aliphatic carbocycles. The van der Waals surface area contributed by atoms with Gasteiger partial charge in [-0.15, -0.1) is 0 Å². The fourth-order valence-corrected chi connectivity index (χ4v) is 4.38. The van der Waals surface area contributed by atoms with Crippen LogP contribution in [0.25, 0.3) is 22.2 Å². The lowest BCUT2D eigenvalue weighted by Gasteiger charge is -2.26. The molecule has 2 aromatic heterocycles. The van der Waals surface area contributed by atoms with Gasteiger partial charge in [0.25, 0.3) is 0 Å². The van der Waals surface area contributed by atoms with Crippen LogP contribution in [-0.2, 0) is 17.8 Å². The maximum absolute atomic E-state index is 5.83. The molecule has 29 heavy (non-hydrogen) atoms. The zero-order valence-corrected chi connectivity index (χ0v) is 16.8. The van der Waals surface area contributed by atoms with Crippen LogP contribution < -0.4 is 5.32 Å². The maximum Gasteiger partial charge on any atom is 0.137 e. The smallest absolute Gasteiger partial charge is 0.137 e. The van der Waals surface area contributed by atoms with Crippen molar-refractivity contribution in [1.29, 1.82) is 0 Å². The van der Waals surface area contributed by atoms with Gasteiger partial charge >= 0.3 is 0 Å². The number of aryl methyl sites for hydroxylation is 1. The number of nitrogens with one attached hydrogen (secondary N) is 2. The van der Waals surface area contributed by atoms with Gasteiger partial charge in [-0.25, -0.2) is 4.98 Å². The van der Waals surface area contributed by atoms with Crippen LogP contribution in [-0.4, -0.2) is 23.6 Å². The number of hydrogen-bond donors (Lipinski definition) is 2. The molecule has 5 rings (SSSR count). The minimum absolute atomic E-state index is 0.122. The van der Waals surface area contributed by atoms with E-state index in [1.165, 1.54) is 38.8 Å². The van der Waals surface area contributed by atoms with Crippen molar-refractivity contribution in [3.05, 3.63) is 88.7 Å². The highest BCUT2D eigenvalue weighted by Crippen LogP contribution is 2.35. The molecule has 3 heterocycles. The SMILES string of the molecule is CN[C@@H](c1ccccc1)c1cc(-c2cnc3[nH]cc(C)c3c2)cc2c1COCC2. The Labute approximate surface area is 171 Å². The summed E-state index contributed by atoms with van der Waals surface area (Å²) in [6.45, 7) is 3.57. The van der Waals surface area contributed by atoms with E-state index in [9.17, 15) is 0 Å². The summed E-state index contributed by atoms with van der Waals surface area (Å²) in [5.41, 5.74) is 9.77. The summed E-state index contributed by atoms with van der Waals surface area (Å²) in [5.74, 6) is 0. The molecule has 4 heteroatoms. The summed E-state index contributed by atoms with van der Waals surface area (Å²) < 4.78 is 5.83. The molecule has 0 saturated heterocycles. The Balaban J connectivity index is 1.69. The van der Waals surface area contributed by atoms with Gasteiger partial charge in [0.1, 0.15) is 5.65 Å². The number of aromatic nitrogens is 2. The second-order valence-corrected chi connectivity index (χ2v) is 7.73. The Hall–Kier alpha value is -2.95. The molecule has 0 fully saturated rings. The summed E-state index contributed by atoms with van der Waals surface area (Å²) in [5, 5.41) is 4.70. The predicted octanol–water partition coefficient (Wildman–Crippen LogP) is 4.92. The summed E-state index contributed by atoms with van der Waals surface area (Å²) in [7, 11) is 2.02.